The maximum absolute atomic E-state index is 12.6. The summed E-state index contributed by atoms with van der Waals surface area (Å²) in [5.74, 6) is 0.723. The van der Waals surface area contributed by atoms with Crippen LogP contribution in [-0.2, 0) is 14.6 Å². The fourth-order valence-electron chi connectivity index (χ4n) is 3.88. The van der Waals surface area contributed by atoms with Crippen molar-refractivity contribution in [2.45, 2.75) is 42.7 Å². The highest BCUT2D eigenvalue weighted by Gasteiger charge is 2.31. The average Bonchev–Trinajstić information content (AvgIpc) is 2.98. The molecule has 0 saturated carbocycles. The van der Waals surface area contributed by atoms with Gasteiger partial charge in [-0.3, -0.25) is 4.79 Å². The van der Waals surface area contributed by atoms with Gasteiger partial charge in [-0.15, -0.1) is 0 Å². The van der Waals surface area contributed by atoms with Gasteiger partial charge in [0.1, 0.15) is 13.2 Å². The lowest BCUT2D eigenvalue weighted by atomic mass is 10.1. The number of nitrogens with one attached hydrogen (secondary N) is 1. The predicted octanol–water partition coefficient (Wildman–Crippen LogP) is 0.975. The Labute approximate surface area is 153 Å². The van der Waals surface area contributed by atoms with Gasteiger partial charge in [-0.05, 0) is 31.4 Å². The van der Waals surface area contributed by atoms with E-state index in [0.29, 0.717) is 49.9 Å². The van der Waals surface area contributed by atoms with Crippen LogP contribution in [0.4, 0.5) is 0 Å². The summed E-state index contributed by atoms with van der Waals surface area (Å²) >= 11 is 0. The number of sulfone groups is 1. The lowest BCUT2D eigenvalue weighted by molar-refractivity contribution is -0.131. The molecule has 4 rings (SSSR count). The summed E-state index contributed by atoms with van der Waals surface area (Å²) in [7, 11) is -3.55. The Bertz CT molecular complexity index is 795. The van der Waals surface area contributed by atoms with Crippen molar-refractivity contribution in [1.82, 2.24) is 10.2 Å². The smallest absolute Gasteiger partial charge is 0.223 e. The van der Waals surface area contributed by atoms with E-state index in [-0.39, 0.29) is 23.0 Å². The van der Waals surface area contributed by atoms with Crippen molar-refractivity contribution in [3.05, 3.63) is 18.2 Å². The number of fused-ring (bicyclic) bond motifs is 3. The van der Waals surface area contributed by atoms with E-state index in [4.69, 9.17) is 9.47 Å². The second-order valence-electron chi connectivity index (χ2n) is 7.14. The predicted molar refractivity (Wildman–Crippen MR) is 95.2 cm³/mol. The van der Waals surface area contributed by atoms with E-state index < -0.39 is 9.84 Å². The molecule has 1 amide bonds. The van der Waals surface area contributed by atoms with E-state index in [1.54, 1.807) is 6.07 Å². The molecule has 2 saturated heterocycles. The van der Waals surface area contributed by atoms with Crippen LogP contribution in [0.25, 0.3) is 0 Å². The van der Waals surface area contributed by atoms with Crippen LogP contribution >= 0.6 is 0 Å². The van der Waals surface area contributed by atoms with E-state index in [1.165, 1.54) is 18.6 Å². The van der Waals surface area contributed by atoms with E-state index in [0.717, 1.165) is 12.8 Å². The van der Waals surface area contributed by atoms with Gasteiger partial charge in [0.15, 0.2) is 21.3 Å². The highest BCUT2D eigenvalue weighted by molar-refractivity contribution is 7.91. The molecule has 3 heterocycles. The van der Waals surface area contributed by atoms with E-state index in [2.05, 4.69) is 5.32 Å². The fourth-order valence-corrected chi connectivity index (χ4v) is 5.13. The summed E-state index contributed by atoms with van der Waals surface area (Å²) in [6.45, 7) is 2.25. The third kappa shape index (κ3) is 3.66. The highest BCUT2D eigenvalue weighted by Crippen LogP contribution is 2.32. The second-order valence-corrected chi connectivity index (χ2v) is 9.25. The van der Waals surface area contributed by atoms with Crippen LogP contribution in [0.2, 0.25) is 0 Å². The average molecular weight is 380 g/mol. The molecule has 3 aliphatic rings. The Hall–Kier alpha value is -1.80. The van der Waals surface area contributed by atoms with Crippen LogP contribution in [-0.4, -0.2) is 63.4 Å². The first-order chi connectivity index (χ1) is 12.5. The Balaban J connectivity index is 1.39. The van der Waals surface area contributed by atoms with Crippen LogP contribution in [0.3, 0.4) is 0 Å². The van der Waals surface area contributed by atoms with Gasteiger partial charge in [0, 0.05) is 37.7 Å². The third-order valence-corrected chi connectivity index (χ3v) is 7.05. The van der Waals surface area contributed by atoms with Crippen LogP contribution in [0.5, 0.6) is 11.5 Å². The lowest BCUT2D eigenvalue weighted by Gasteiger charge is -2.24. The number of rotatable bonds is 4. The number of carbonyl (C=O) groups is 1. The van der Waals surface area contributed by atoms with Crippen molar-refractivity contribution >= 4 is 15.7 Å². The molecule has 1 aromatic carbocycles. The normalized spacial score (nSPS) is 25.0. The zero-order valence-corrected chi connectivity index (χ0v) is 15.5. The van der Waals surface area contributed by atoms with Gasteiger partial charge < -0.3 is 19.7 Å². The summed E-state index contributed by atoms with van der Waals surface area (Å²) in [4.78, 5) is 14.5. The first-order valence-corrected chi connectivity index (χ1v) is 10.8. The van der Waals surface area contributed by atoms with E-state index in [9.17, 15) is 13.2 Å². The summed E-state index contributed by atoms with van der Waals surface area (Å²) in [5, 5.41) is 3.53. The largest absolute Gasteiger partial charge is 0.486 e. The molecule has 1 N–H and O–H groups in total. The number of nitrogens with zero attached hydrogens (tertiary/aromatic N) is 1. The van der Waals surface area contributed by atoms with Gasteiger partial charge in [0.05, 0.1) is 10.6 Å². The Morgan fingerprint density at radius 2 is 1.88 bits per heavy atom. The minimum absolute atomic E-state index is 0.00810. The molecular formula is C18H24N2O5S. The molecule has 7 nitrogen and oxygen atoms in total. The monoisotopic (exact) mass is 380 g/mol. The van der Waals surface area contributed by atoms with Gasteiger partial charge in [-0.1, -0.05) is 0 Å². The van der Waals surface area contributed by atoms with E-state index >= 15 is 0 Å². The zero-order valence-electron chi connectivity index (χ0n) is 14.6. The molecule has 2 unspecified atom stereocenters. The molecular weight excluding hydrogens is 356 g/mol. The van der Waals surface area contributed by atoms with Crippen molar-refractivity contribution < 1.29 is 22.7 Å². The lowest BCUT2D eigenvalue weighted by Crippen LogP contribution is -2.39. The zero-order chi connectivity index (χ0) is 18.1. The fraction of sp³-hybridized carbons (Fsp3) is 0.611. The Morgan fingerprint density at radius 1 is 1.12 bits per heavy atom. The summed E-state index contributed by atoms with van der Waals surface area (Å²) < 4.78 is 36.1. The molecule has 26 heavy (non-hydrogen) atoms. The second kappa shape index (κ2) is 7.08. The van der Waals surface area contributed by atoms with Crippen molar-refractivity contribution in [1.29, 1.82) is 0 Å². The third-order valence-electron chi connectivity index (χ3n) is 5.33. The van der Waals surface area contributed by atoms with Crippen LogP contribution in [0, 0.1) is 0 Å². The number of amides is 1. The van der Waals surface area contributed by atoms with Crippen molar-refractivity contribution in [2.75, 3.05) is 32.1 Å². The number of carbonyl (C=O) groups excluding carboxylic acids is 1. The van der Waals surface area contributed by atoms with Crippen LogP contribution in [0.15, 0.2) is 23.1 Å². The molecule has 142 valence electrons. The first-order valence-electron chi connectivity index (χ1n) is 9.17. The van der Waals surface area contributed by atoms with Gasteiger partial charge in [0.25, 0.3) is 0 Å². The number of ether oxygens (including phenoxy) is 2. The molecule has 0 aromatic heterocycles. The number of benzene rings is 1. The van der Waals surface area contributed by atoms with Gasteiger partial charge in [0.2, 0.25) is 5.91 Å². The summed E-state index contributed by atoms with van der Waals surface area (Å²) in [6, 6.07) is 5.46. The molecule has 8 heteroatoms. The first kappa shape index (κ1) is 17.6. The summed E-state index contributed by atoms with van der Waals surface area (Å²) in [5.41, 5.74) is 0. The van der Waals surface area contributed by atoms with Crippen LogP contribution in [0.1, 0.15) is 25.7 Å². The van der Waals surface area contributed by atoms with Gasteiger partial charge in [-0.25, -0.2) is 8.42 Å². The number of likely N-dealkylation sites (tertiary alicyclic amines) is 1. The SMILES string of the molecule is O=C(CCS(=O)(=O)c1ccc2c(c1)OCCO2)N1CCC2CCC(C1)N2. The minimum atomic E-state index is -3.55. The molecule has 1 aromatic rings. The number of hydrogen-bond donors (Lipinski definition) is 1. The highest BCUT2D eigenvalue weighted by atomic mass is 32.2. The van der Waals surface area contributed by atoms with Crippen molar-refractivity contribution in [3.8, 4) is 11.5 Å². The molecule has 0 spiro atoms. The molecule has 2 bridgehead atoms. The molecule has 0 radical (unpaired) electrons. The summed E-state index contributed by atoms with van der Waals surface area (Å²) in [6.07, 6.45) is 3.21. The molecule has 3 aliphatic heterocycles. The molecule has 0 aliphatic carbocycles. The van der Waals surface area contributed by atoms with Crippen molar-refractivity contribution in [2.24, 2.45) is 0 Å². The van der Waals surface area contributed by atoms with Crippen molar-refractivity contribution in [3.63, 3.8) is 0 Å². The minimum Gasteiger partial charge on any atom is -0.486 e. The standard InChI is InChI=1S/C18H24N2O5S/c21-18(20-7-5-13-1-2-14(12-20)19-13)6-10-26(22,23)15-3-4-16-17(11-15)25-9-8-24-16/h3-4,11,13-14,19H,1-2,5-10,12H2. The van der Waals surface area contributed by atoms with E-state index in [1.807, 2.05) is 4.90 Å². The topological polar surface area (TPSA) is 84.9 Å². The Morgan fingerprint density at radius 3 is 2.73 bits per heavy atom. The number of hydrogen-bond acceptors (Lipinski definition) is 6. The van der Waals surface area contributed by atoms with Gasteiger partial charge >= 0.3 is 0 Å². The maximum Gasteiger partial charge on any atom is 0.223 e. The quantitative estimate of drug-likeness (QED) is 0.838. The van der Waals surface area contributed by atoms with Crippen LogP contribution < -0.4 is 14.8 Å². The Kier molecular flexibility index (Phi) is 4.79. The van der Waals surface area contributed by atoms with Gasteiger partial charge in [-0.2, -0.15) is 0 Å². The maximum atomic E-state index is 12.6. The molecule has 2 atom stereocenters. The molecule has 2 fully saturated rings.